The topological polar surface area (TPSA) is 48.9 Å². The van der Waals surface area contributed by atoms with E-state index in [-0.39, 0.29) is 5.60 Å². The van der Waals surface area contributed by atoms with Crippen molar-refractivity contribution in [3.63, 3.8) is 0 Å². The van der Waals surface area contributed by atoms with Crippen molar-refractivity contribution in [3.8, 4) is 0 Å². The largest absolute Gasteiger partial charge is 0.375 e. The highest BCUT2D eigenvalue weighted by Gasteiger charge is 2.43. The Morgan fingerprint density at radius 1 is 1.00 bits per heavy atom. The first kappa shape index (κ1) is 22.1. The van der Waals surface area contributed by atoms with Crippen molar-refractivity contribution in [2.24, 2.45) is 5.92 Å². The summed E-state index contributed by atoms with van der Waals surface area (Å²) in [6.45, 7) is 6.92. The summed E-state index contributed by atoms with van der Waals surface area (Å²) in [6.07, 6.45) is 13.4. The van der Waals surface area contributed by atoms with E-state index in [0.29, 0.717) is 17.9 Å². The molecular formula is C26H40N4O2. The number of piperidine rings is 1. The Hall–Kier alpha value is -1.66. The van der Waals surface area contributed by atoms with Crippen LogP contribution in [0.4, 0.5) is 5.82 Å². The number of rotatable bonds is 4. The molecule has 1 aromatic heterocycles. The second-order valence-corrected chi connectivity index (χ2v) is 10.5. The Balaban J connectivity index is 1.10. The molecule has 1 amide bonds. The van der Waals surface area contributed by atoms with Crippen LogP contribution in [0.15, 0.2) is 24.4 Å². The van der Waals surface area contributed by atoms with Gasteiger partial charge in [-0.05, 0) is 56.6 Å². The Kier molecular flexibility index (Phi) is 6.98. The van der Waals surface area contributed by atoms with Gasteiger partial charge in [0.05, 0.1) is 5.60 Å². The number of piperazine rings is 1. The highest BCUT2D eigenvalue weighted by molar-refractivity contribution is 5.76. The molecule has 3 aliphatic heterocycles. The van der Waals surface area contributed by atoms with Crippen molar-refractivity contribution in [3.05, 3.63) is 24.4 Å². The minimum Gasteiger partial charge on any atom is -0.375 e. The van der Waals surface area contributed by atoms with Crippen LogP contribution in [-0.4, -0.2) is 78.2 Å². The van der Waals surface area contributed by atoms with Crippen molar-refractivity contribution >= 4 is 11.7 Å². The molecule has 1 atom stereocenters. The number of likely N-dealkylation sites (tertiary alicyclic amines) is 1. The number of pyridine rings is 1. The Morgan fingerprint density at radius 2 is 1.78 bits per heavy atom. The van der Waals surface area contributed by atoms with Crippen molar-refractivity contribution < 1.29 is 9.53 Å². The van der Waals surface area contributed by atoms with Crippen LogP contribution in [-0.2, 0) is 9.53 Å². The lowest BCUT2D eigenvalue weighted by Crippen LogP contribution is -2.57. The van der Waals surface area contributed by atoms with Crippen molar-refractivity contribution in [2.45, 2.75) is 75.9 Å². The van der Waals surface area contributed by atoms with Crippen LogP contribution >= 0.6 is 0 Å². The number of aromatic nitrogens is 1. The first-order chi connectivity index (χ1) is 15.7. The maximum Gasteiger partial charge on any atom is 0.222 e. The zero-order valence-corrected chi connectivity index (χ0v) is 19.6. The molecule has 1 aromatic rings. The highest BCUT2D eigenvalue weighted by atomic mass is 16.5. The van der Waals surface area contributed by atoms with E-state index in [1.54, 1.807) is 0 Å². The van der Waals surface area contributed by atoms with Gasteiger partial charge in [0.25, 0.3) is 0 Å². The van der Waals surface area contributed by atoms with Crippen molar-refractivity contribution in [1.82, 2.24) is 14.8 Å². The predicted molar refractivity (Wildman–Crippen MR) is 127 cm³/mol. The molecule has 1 aliphatic carbocycles. The first-order valence-electron chi connectivity index (χ1n) is 13.0. The van der Waals surface area contributed by atoms with Gasteiger partial charge in [0.15, 0.2) is 0 Å². The second kappa shape index (κ2) is 10.1. The molecule has 4 fully saturated rings. The molecule has 1 spiro atoms. The minimum absolute atomic E-state index is 0.0113. The zero-order chi connectivity index (χ0) is 21.8. The smallest absolute Gasteiger partial charge is 0.222 e. The Morgan fingerprint density at radius 3 is 2.50 bits per heavy atom. The molecule has 3 saturated heterocycles. The highest BCUT2D eigenvalue weighted by Crippen LogP contribution is 2.37. The zero-order valence-electron chi connectivity index (χ0n) is 19.6. The molecule has 32 heavy (non-hydrogen) atoms. The molecule has 0 N–H and O–H groups in total. The normalized spacial score (nSPS) is 27.6. The summed E-state index contributed by atoms with van der Waals surface area (Å²) >= 11 is 0. The number of ether oxygens (including phenoxy) is 1. The van der Waals surface area contributed by atoms with Crippen LogP contribution in [0.5, 0.6) is 0 Å². The molecule has 0 radical (unpaired) electrons. The summed E-state index contributed by atoms with van der Waals surface area (Å²) in [5.74, 6) is 2.12. The number of carbonyl (C=O) groups excluding carboxylic acids is 1. The lowest BCUT2D eigenvalue weighted by Gasteiger charge is -2.50. The molecule has 4 aliphatic rings. The fraction of sp³-hybridized carbons (Fsp3) is 0.769. The minimum atomic E-state index is -0.0113. The fourth-order valence-corrected chi connectivity index (χ4v) is 6.45. The number of hydrogen-bond donors (Lipinski definition) is 0. The molecule has 0 aromatic carbocycles. The summed E-state index contributed by atoms with van der Waals surface area (Å²) in [5, 5.41) is 0. The first-order valence-corrected chi connectivity index (χ1v) is 13.0. The molecule has 4 heterocycles. The summed E-state index contributed by atoms with van der Waals surface area (Å²) < 4.78 is 6.41. The van der Waals surface area contributed by atoms with Gasteiger partial charge in [0.2, 0.25) is 5.91 Å². The van der Waals surface area contributed by atoms with Crippen LogP contribution in [0.25, 0.3) is 0 Å². The Labute approximate surface area is 193 Å². The van der Waals surface area contributed by atoms with Crippen LogP contribution in [0.2, 0.25) is 0 Å². The fourth-order valence-electron chi connectivity index (χ4n) is 6.45. The molecule has 1 unspecified atom stereocenters. The van der Waals surface area contributed by atoms with Crippen molar-refractivity contribution in [2.75, 3.05) is 50.8 Å². The van der Waals surface area contributed by atoms with E-state index in [2.05, 4.69) is 31.8 Å². The predicted octanol–water partition coefficient (Wildman–Crippen LogP) is 3.71. The quantitative estimate of drug-likeness (QED) is 0.714. The monoisotopic (exact) mass is 440 g/mol. The molecular weight excluding hydrogens is 400 g/mol. The third kappa shape index (κ3) is 5.12. The van der Waals surface area contributed by atoms with Gasteiger partial charge in [-0.3, -0.25) is 9.69 Å². The SMILES string of the molecule is O=C(CC1CCCCC1)N1CCC2(CC1)CC(N1CCN(c3ccccn3)CC1)CCO2. The molecule has 6 heteroatoms. The molecule has 1 saturated carbocycles. The van der Waals surface area contributed by atoms with Gasteiger partial charge in [-0.15, -0.1) is 0 Å². The maximum absolute atomic E-state index is 12.9. The summed E-state index contributed by atoms with van der Waals surface area (Å²) in [5.41, 5.74) is -0.0113. The average molecular weight is 441 g/mol. The van der Waals surface area contributed by atoms with Crippen LogP contribution in [0.3, 0.4) is 0 Å². The van der Waals surface area contributed by atoms with Gasteiger partial charge < -0.3 is 14.5 Å². The lowest BCUT2D eigenvalue weighted by molar-refractivity contribution is -0.150. The summed E-state index contributed by atoms with van der Waals surface area (Å²) in [4.78, 5) is 24.6. The standard InChI is InChI=1S/C26H40N4O2/c31-25(20-22-6-2-1-3-7-22)30-13-10-26(11-14-30)21-23(9-19-32-26)28-15-17-29(18-16-28)24-8-4-5-12-27-24/h4-5,8,12,22-23H,1-3,6-7,9-11,13-21H2. The Bertz CT molecular complexity index is 735. The average Bonchev–Trinajstić information content (AvgIpc) is 2.86. The maximum atomic E-state index is 12.9. The van der Waals surface area contributed by atoms with Crippen LogP contribution in [0, 0.1) is 5.92 Å². The van der Waals surface area contributed by atoms with E-state index in [1.165, 1.54) is 32.1 Å². The number of anilines is 1. The number of hydrogen-bond acceptors (Lipinski definition) is 5. The molecule has 5 rings (SSSR count). The van der Waals surface area contributed by atoms with Gasteiger partial charge in [0.1, 0.15) is 5.82 Å². The third-order valence-corrected chi connectivity index (χ3v) is 8.49. The molecule has 6 nitrogen and oxygen atoms in total. The molecule has 0 bridgehead atoms. The van der Waals surface area contributed by atoms with Crippen LogP contribution in [0.1, 0.15) is 64.2 Å². The van der Waals surface area contributed by atoms with Crippen LogP contribution < -0.4 is 4.90 Å². The summed E-state index contributed by atoms with van der Waals surface area (Å²) in [7, 11) is 0. The van der Waals surface area contributed by atoms with Gasteiger partial charge in [-0.2, -0.15) is 0 Å². The number of amides is 1. The van der Waals surface area contributed by atoms with E-state index < -0.39 is 0 Å². The van der Waals surface area contributed by atoms with Gasteiger partial charge in [0, 0.05) is 64.5 Å². The number of nitrogens with zero attached hydrogens (tertiary/aromatic N) is 4. The van der Waals surface area contributed by atoms with Gasteiger partial charge in [-0.1, -0.05) is 25.3 Å². The number of carbonyl (C=O) groups is 1. The van der Waals surface area contributed by atoms with E-state index in [4.69, 9.17) is 4.74 Å². The van der Waals surface area contributed by atoms with E-state index >= 15 is 0 Å². The molecule has 176 valence electrons. The third-order valence-electron chi connectivity index (χ3n) is 8.49. The van der Waals surface area contributed by atoms with Gasteiger partial charge in [-0.25, -0.2) is 4.98 Å². The summed E-state index contributed by atoms with van der Waals surface area (Å²) in [6, 6.07) is 6.78. The van der Waals surface area contributed by atoms with E-state index in [9.17, 15) is 4.79 Å². The van der Waals surface area contributed by atoms with Gasteiger partial charge >= 0.3 is 0 Å². The van der Waals surface area contributed by atoms with E-state index in [1.807, 2.05) is 12.3 Å². The van der Waals surface area contributed by atoms with Crippen molar-refractivity contribution in [1.29, 1.82) is 0 Å². The second-order valence-electron chi connectivity index (χ2n) is 10.5. The lowest BCUT2D eigenvalue weighted by atomic mass is 9.81. The van der Waals surface area contributed by atoms with E-state index in [0.717, 1.165) is 83.8 Å².